The molecule has 0 spiro atoms. The number of hydrogen-bond donors (Lipinski definition) is 2. The SMILES string of the molecule is Oc1ccc(-c2ccccn2)cc1CN[C@@H]1CN2CCC1CC2. The van der Waals surface area contributed by atoms with E-state index in [0.717, 1.165) is 29.3 Å². The predicted molar refractivity (Wildman–Crippen MR) is 91.1 cm³/mol. The number of fused-ring (bicyclic) bond motifs is 3. The van der Waals surface area contributed by atoms with Crippen molar-refractivity contribution in [1.82, 2.24) is 15.2 Å². The molecule has 2 bridgehead atoms. The van der Waals surface area contributed by atoms with Gasteiger partial charge in [-0.1, -0.05) is 6.07 Å². The summed E-state index contributed by atoms with van der Waals surface area (Å²) in [7, 11) is 0. The molecule has 0 saturated carbocycles. The maximum Gasteiger partial charge on any atom is 0.120 e. The van der Waals surface area contributed by atoms with Gasteiger partial charge in [0.15, 0.2) is 0 Å². The van der Waals surface area contributed by atoms with Crippen molar-refractivity contribution in [1.29, 1.82) is 0 Å². The van der Waals surface area contributed by atoms with E-state index < -0.39 is 0 Å². The van der Waals surface area contributed by atoms with E-state index in [1.165, 1.54) is 25.9 Å². The lowest BCUT2D eigenvalue weighted by molar-refractivity contribution is 0.0719. The lowest BCUT2D eigenvalue weighted by atomic mass is 9.84. The number of piperidine rings is 3. The minimum absolute atomic E-state index is 0.360. The number of aromatic nitrogens is 1. The van der Waals surface area contributed by atoms with Crippen LogP contribution < -0.4 is 5.32 Å². The molecule has 0 amide bonds. The standard InChI is InChI=1S/C19H23N3O/c23-19-5-4-15(17-3-1-2-8-20-17)11-16(19)12-21-18-13-22-9-6-14(18)7-10-22/h1-5,8,11,14,18,21,23H,6-7,9-10,12-13H2/t18-/m1/s1. The number of rotatable bonds is 4. The first-order valence-corrected chi connectivity index (χ1v) is 8.48. The first-order chi connectivity index (χ1) is 11.3. The van der Waals surface area contributed by atoms with Crippen LogP contribution in [-0.4, -0.2) is 40.7 Å². The van der Waals surface area contributed by atoms with Crippen LogP contribution in [0.3, 0.4) is 0 Å². The van der Waals surface area contributed by atoms with Gasteiger partial charge < -0.3 is 15.3 Å². The zero-order chi connectivity index (χ0) is 15.6. The van der Waals surface area contributed by atoms with Crippen LogP contribution in [0, 0.1) is 5.92 Å². The van der Waals surface area contributed by atoms with E-state index in [4.69, 9.17) is 0 Å². The maximum atomic E-state index is 10.2. The molecule has 4 heterocycles. The van der Waals surface area contributed by atoms with Crippen LogP contribution in [0.2, 0.25) is 0 Å². The Morgan fingerprint density at radius 1 is 1.17 bits per heavy atom. The van der Waals surface area contributed by atoms with Crippen molar-refractivity contribution in [2.75, 3.05) is 19.6 Å². The Morgan fingerprint density at radius 2 is 2.04 bits per heavy atom. The molecule has 3 aliphatic heterocycles. The second kappa shape index (κ2) is 6.30. The quantitative estimate of drug-likeness (QED) is 0.911. The van der Waals surface area contributed by atoms with Crippen molar-refractivity contribution in [3.63, 3.8) is 0 Å². The van der Waals surface area contributed by atoms with Crippen molar-refractivity contribution < 1.29 is 5.11 Å². The van der Waals surface area contributed by atoms with Crippen LogP contribution >= 0.6 is 0 Å². The number of nitrogens with one attached hydrogen (secondary N) is 1. The molecule has 5 rings (SSSR count). The van der Waals surface area contributed by atoms with Crippen LogP contribution in [0.5, 0.6) is 5.75 Å². The van der Waals surface area contributed by atoms with Crippen molar-refractivity contribution in [2.24, 2.45) is 5.92 Å². The molecule has 1 aromatic carbocycles. The molecular weight excluding hydrogens is 286 g/mol. The fraction of sp³-hybridized carbons (Fsp3) is 0.421. The molecular formula is C19H23N3O. The summed E-state index contributed by atoms with van der Waals surface area (Å²) in [4.78, 5) is 6.94. The minimum atomic E-state index is 0.360. The number of benzene rings is 1. The summed E-state index contributed by atoms with van der Waals surface area (Å²) < 4.78 is 0. The van der Waals surface area contributed by atoms with E-state index in [9.17, 15) is 5.11 Å². The highest BCUT2D eigenvalue weighted by Crippen LogP contribution is 2.29. The van der Waals surface area contributed by atoms with Crippen molar-refractivity contribution in [3.8, 4) is 17.0 Å². The Labute approximate surface area is 137 Å². The molecule has 23 heavy (non-hydrogen) atoms. The molecule has 2 N–H and O–H groups in total. The summed E-state index contributed by atoms with van der Waals surface area (Å²) in [5.74, 6) is 1.15. The largest absolute Gasteiger partial charge is 0.508 e. The minimum Gasteiger partial charge on any atom is -0.508 e. The molecule has 1 aromatic heterocycles. The summed E-state index contributed by atoms with van der Waals surface area (Å²) in [5.41, 5.74) is 2.94. The molecule has 3 saturated heterocycles. The number of phenolic OH excluding ortho intramolecular Hbond substituents is 1. The third kappa shape index (κ3) is 3.09. The topological polar surface area (TPSA) is 48.4 Å². The molecule has 2 aromatic rings. The van der Waals surface area contributed by atoms with E-state index in [1.807, 2.05) is 30.3 Å². The number of hydrogen-bond acceptors (Lipinski definition) is 4. The Bertz CT molecular complexity index is 666. The third-order valence-corrected chi connectivity index (χ3v) is 5.25. The zero-order valence-electron chi connectivity index (χ0n) is 13.3. The molecule has 3 fully saturated rings. The van der Waals surface area contributed by atoms with Gasteiger partial charge in [-0.25, -0.2) is 0 Å². The van der Waals surface area contributed by atoms with Gasteiger partial charge in [0, 0.05) is 36.5 Å². The molecule has 3 aliphatic rings. The molecule has 0 unspecified atom stereocenters. The van der Waals surface area contributed by atoms with Crippen molar-refractivity contribution in [3.05, 3.63) is 48.2 Å². The molecule has 0 radical (unpaired) electrons. The Kier molecular flexibility index (Phi) is 4.02. The first-order valence-electron chi connectivity index (χ1n) is 8.48. The van der Waals surface area contributed by atoms with E-state index >= 15 is 0 Å². The van der Waals surface area contributed by atoms with Gasteiger partial charge in [0.25, 0.3) is 0 Å². The highest BCUT2D eigenvalue weighted by Gasteiger charge is 2.33. The Morgan fingerprint density at radius 3 is 2.74 bits per heavy atom. The van der Waals surface area contributed by atoms with Gasteiger partial charge in [0.2, 0.25) is 0 Å². The molecule has 4 nitrogen and oxygen atoms in total. The van der Waals surface area contributed by atoms with Gasteiger partial charge in [-0.05, 0) is 62.2 Å². The second-order valence-corrected chi connectivity index (χ2v) is 6.68. The monoisotopic (exact) mass is 309 g/mol. The number of phenols is 1. The van der Waals surface area contributed by atoms with Crippen molar-refractivity contribution >= 4 is 0 Å². The van der Waals surface area contributed by atoms with Gasteiger partial charge in [-0.3, -0.25) is 4.98 Å². The lowest BCUT2D eigenvalue weighted by Crippen LogP contribution is -2.55. The van der Waals surface area contributed by atoms with Gasteiger partial charge in [-0.15, -0.1) is 0 Å². The molecule has 4 heteroatoms. The lowest BCUT2D eigenvalue weighted by Gasteiger charge is -2.45. The van der Waals surface area contributed by atoms with Gasteiger partial charge >= 0.3 is 0 Å². The van der Waals surface area contributed by atoms with Gasteiger partial charge in [0.05, 0.1) is 5.69 Å². The smallest absolute Gasteiger partial charge is 0.120 e. The highest BCUT2D eigenvalue weighted by molar-refractivity contribution is 5.61. The highest BCUT2D eigenvalue weighted by atomic mass is 16.3. The predicted octanol–water partition coefficient (Wildman–Crippen LogP) is 2.64. The molecule has 0 aliphatic carbocycles. The number of pyridine rings is 1. The van der Waals surface area contributed by atoms with Gasteiger partial charge in [-0.2, -0.15) is 0 Å². The van der Waals surface area contributed by atoms with Crippen LogP contribution in [0.1, 0.15) is 18.4 Å². The average molecular weight is 309 g/mol. The van der Waals surface area contributed by atoms with Crippen LogP contribution in [-0.2, 0) is 6.54 Å². The molecule has 1 atom stereocenters. The summed E-state index contributed by atoms with van der Waals surface area (Å²) >= 11 is 0. The van der Waals surface area contributed by atoms with Crippen LogP contribution in [0.25, 0.3) is 11.3 Å². The number of aromatic hydroxyl groups is 1. The van der Waals surface area contributed by atoms with Crippen LogP contribution in [0.4, 0.5) is 0 Å². The number of nitrogens with zero attached hydrogens (tertiary/aromatic N) is 2. The Hall–Kier alpha value is -1.91. The fourth-order valence-corrected chi connectivity index (χ4v) is 3.86. The van der Waals surface area contributed by atoms with Crippen molar-refractivity contribution in [2.45, 2.75) is 25.4 Å². The Balaban J connectivity index is 1.48. The van der Waals surface area contributed by atoms with E-state index in [0.29, 0.717) is 18.3 Å². The summed E-state index contributed by atoms with van der Waals surface area (Å²) in [5, 5.41) is 13.8. The normalized spacial score (nSPS) is 26.3. The third-order valence-electron chi connectivity index (χ3n) is 5.25. The average Bonchev–Trinajstić information content (AvgIpc) is 2.63. The summed E-state index contributed by atoms with van der Waals surface area (Å²) in [6, 6.07) is 12.2. The van der Waals surface area contributed by atoms with Gasteiger partial charge in [0.1, 0.15) is 5.75 Å². The van der Waals surface area contributed by atoms with E-state index in [2.05, 4.69) is 15.2 Å². The maximum absolute atomic E-state index is 10.2. The second-order valence-electron chi connectivity index (χ2n) is 6.68. The van der Waals surface area contributed by atoms with E-state index in [1.54, 1.807) is 12.3 Å². The first kappa shape index (κ1) is 14.7. The fourth-order valence-electron chi connectivity index (χ4n) is 3.86. The summed E-state index contributed by atoms with van der Waals surface area (Å²) in [6.07, 6.45) is 4.41. The van der Waals surface area contributed by atoms with E-state index in [-0.39, 0.29) is 0 Å². The summed E-state index contributed by atoms with van der Waals surface area (Å²) in [6.45, 7) is 4.36. The zero-order valence-corrected chi connectivity index (χ0v) is 13.3. The molecule has 120 valence electrons. The van der Waals surface area contributed by atoms with Crippen LogP contribution in [0.15, 0.2) is 42.6 Å².